The quantitative estimate of drug-likeness (QED) is 0.876. The number of benzene rings is 1. The number of nitrogens with two attached hydrogens (primary N) is 1. The van der Waals surface area contributed by atoms with Crippen LogP contribution in [0.2, 0.25) is 0 Å². The van der Waals surface area contributed by atoms with Gasteiger partial charge in [-0.05, 0) is 56.0 Å². The standard InChI is InChI=1S/C16H22F3NO/c17-16(18,19)13-6-8-14(9-7-13)21-15(10-11-20)12-4-2-1-3-5-12/h6-9,12,15H,1-5,10-11,20H2. The number of hydrogen-bond acceptors (Lipinski definition) is 2. The van der Waals surface area contributed by atoms with Crippen molar-refractivity contribution in [1.82, 2.24) is 0 Å². The molecule has 1 atom stereocenters. The van der Waals surface area contributed by atoms with Crippen LogP contribution in [0.4, 0.5) is 13.2 Å². The average molecular weight is 301 g/mol. The van der Waals surface area contributed by atoms with Gasteiger partial charge in [0.2, 0.25) is 0 Å². The second-order valence-electron chi connectivity index (χ2n) is 5.65. The molecule has 1 unspecified atom stereocenters. The van der Waals surface area contributed by atoms with Gasteiger partial charge in [0.1, 0.15) is 11.9 Å². The predicted molar refractivity (Wildman–Crippen MR) is 76.1 cm³/mol. The first-order valence-electron chi connectivity index (χ1n) is 7.54. The maximum atomic E-state index is 12.5. The minimum absolute atomic E-state index is 0.00652. The molecule has 1 fully saturated rings. The molecular formula is C16H22F3NO. The second-order valence-corrected chi connectivity index (χ2v) is 5.65. The van der Waals surface area contributed by atoms with Gasteiger partial charge in [-0.3, -0.25) is 0 Å². The summed E-state index contributed by atoms with van der Waals surface area (Å²) in [5.74, 6) is 0.955. The number of hydrogen-bond donors (Lipinski definition) is 1. The van der Waals surface area contributed by atoms with E-state index in [1.54, 1.807) is 0 Å². The summed E-state index contributed by atoms with van der Waals surface area (Å²) >= 11 is 0. The van der Waals surface area contributed by atoms with Crippen LogP contribution in [-0.2, 0) is 6.18 Å². The van der Waals surface area contributed by atoms with Crippen molar-refractivity contribution in [3.8, 4) is 5.75 Å². The fraction of sp³-hybridized carbons (Fsp3) is 0.625. The van der Waals surface area contributed by atoms with Gasteiger partial charge in [0.25, 0.3) is 0 Å². The van der Waals surface area contributed by atoms with Gasteiger partial charge in [-0.15, -0.1) is 0 Å². The summed E-state index contributed by atoms with van der Waals surface area (Å²) in [5.41, 5.74) is 4.99. The molecule has 0 aromatic heterocycles. The van der Waals surface area contributed by atoms with Crippen molar-refractivity contribution in [3.63, 3.8) is 0 Å². The molecule has 5 heteroatoms. The molecule has 1 saturated carbocycles. The lowest BCUT2D eigenvalue weighted by Crippen LogP contribution is -2.31. The molecular weight excluding hydrogens is 279 g/mol. The van der Waals surface area contributed by atoms with Gasteiger partial charge >= 0.3 is 6.18 Å². The molecule has 0 amide bonds. The summed E-state index contributed by atoms with van der Waals surface area (Å²) in [5, 5.41) is 0. The van der Waals surface area contributed by atoms with Gasteiger partial charge in [-0.2, -0.15) is 13.2 Å². The molecule has 118 valence electrons. The van der Waals surface area contributed by atoms with E-state index in [-0.39, 0.29) is 6.10 Å². The molecule has 1 aliphatic carbocycles. The fourth-order valence-corrected chi connectivity index (χ4v) is 2.96. The molecule has 2 rings (SSSR count). The van der Waals surface area contributed by atoms with E-state index in [0.29, 0.717) is 18.2 Å². The first-order valence-corrected chi connectivity index (χ1v) is 7.54. The van der Waals surface area contributed by atoms with Crippen molar-refractivity contribution < 1.29 is 17.9 Å². The third kappa shape index (κ3) is 4.63. The SMILES string of the molecule is NCCC(Oc1ccc(C(F)(F)F)cc1)C1CCCCC1. The molecule has 21 heavy (non-hydrogen) atoms. The highest BCUT2D eigenvalue weighted by Crippen LogP contribution is 2.33. The Balaban J connectivity index is 2.02. The normalized spacial score (nSPS) is 18.5. The number of alkyl halides is 3. The molecule has 0 bridgehead atoms. The van der Waals surface area contributed by atoms with Crippen LogP contribution in [0.1, 0.15) is 44.1 Å². The molecule has 1 aromatic carbocycles. The van der Waals surface area contributed by atoms with Crippen molar-refractivity contribution >= 4 is 0 Å². The van der Waals surface area contributed by atoms with Crippen molar-refractivity contribution in [1.29, 1.82) is 0 Å². The van der Waals surface area contributed by atoms with Crippen LogP contribution in [0.25, 0.3) is 0 Å². The van der Waals surface area contributed by atoms with E-state index < -0.39 is 11.7 Å². The zero-order chi connectivity index (χ0) is 15.3. The molecule has 0 saturated heterocycles. The van der Waals surface area contributed by atoms with Crippen molar-refractivity contribution in [3.05, 3.63) is 29.8 Å². The molecule has 0 spiro atoms. The lowest BCUT2D eigenvalue weighted by molar-refractivity contribution is -0.137. The highest BCUT2D eigenvalue weighted by Gasteiger charge is 2.30. The third-order valence-corrected chi connectivity index (χ3v) is 4.10. The molecule has 0 radical (unpaired) electrons. The topological polar surface area (TPSA) is 35.2 Å². The summed E-state index contributed by atoms with van der Waals surface area (Å²) in [6.07, 6.45) is 2.32. The Morgan fingerprint density at radius 1 is 1.10 bits per heavy atom. The molecule has 1 aromatic rings. The van der Waals surface area contributed by atoms with Gasteiger partial charge in [-0.25, -0.2) is 0 Å². The van der Waals surface area contributed by atoms with Gasteiger partial charge in [0.05, 0.1) is 5.56 Å². The zero-order valence-corrected chi connectivity index (χ0v) is 12.0. The lowest BCUT2D eigenvalue weighted by Gasteiger charge is -2.30. The Morgan fingerprint density at radius 2 is 1.71 bits per heavy atom. The molecule has 0 aliphatic heterocycles. The van der Waals surface area contributed by atoms with E-state index >= 15 is 0 Å². The minimum atomic E-state index is -4.31. The van der Waals surface area contributed by atoms with Gasteiger partial charge in [0, 0.05) is 0 Å². The Bertz CT molecular complexity index is 424. The van der Waals surface area contributed by atoms with Crippen LogP contribution in [0.15, 0.2) is 24.3 Å². The molecule has 1 aliphatic rings. The monoisotopic (exact) mass is 301 g/mol. The molecule has 2 nitrogen and oxygen atoms in total. The van der Waals surface area contributed by atoms with Crippen molar-refractivity contribution in [2.75, 3.05) is 6.54 Å². The van der Waals surface area contributed by atoms with Gasteiger partial charge in [-0.1, -0.05) is 19.3 Å². The van der Waals surface area contributed by atoms with Gasteiger partial charge < -0.3 is 10.5 Å². The first kappa shape index (κ1) is 16.1. The number of rotatable bonds is 5. The lowest BCUT2D eigenvalue weighted by atomic mass is 9.84. The highest BCUT2D eigenvalue weighted by molar-refractivity contribution is 5.29. The average Bonchev–Trinajstić information content (AvgIpc) is 2.47. The van der Waals surface area contributed by atoms with E-state index in [0.717, 1.165) is 31.4 Å². The maximum Gasteiger partial charge on any atom is 0.416 e. The van der Waals surface area contributed by atoms with E-state index in [2.05, 4.69) is 0 Å². The Labute approximate surface area is 123 Å². The van der Waals surface area contributed by atoms with Crippen molar-refractivity contribution in [2.45, 2.75) is 50.8 Å². The zero-order valence-electron chi connectivity index (χ0n) is 12.0. The van der Waals surface area contributed by atoms with Gasteiger partial charge in [0.15, 0.2) is 0 Å². The van der Waals surface area contributed by atoms with Crippen LogP contribution in [-0.4, -0.2) is 12.6 Å². The van der Waals surface area contributed by atoms with Crippen LogP contribution in [0.5, 0.6) is 5.75 Å². The highest BCUT2D eigenvalue weighted by atomic mass is 19.4. The fourth-order valence-electron chi connectivity index (χ4n) is 2.96. The Kier molecular flexibility index (Phi) is 5.51. The van der Waals surface area contributed by atoms with Crippen LogP contribution < -0.4 is 10.5 Å². The number of halogens is 3. The smallest absolute Gasteiger partial charge is 0.416 e. The maximum absolute atomic E-state index is 12.5. The van der Waals surface area contributed by atoms with E-state index in [9.17, 15) is 13.2 Å². The first-order chi connectivity index (χ1) is 10.0. The number of ether oxygens (including phenoxy) is 1. The summed E-state index contributed by atoms with van der Waals surface area (Å²) in [4.78, 5) is 0. The summed E-state index contributed by atoms with van der Waals surface area (Å²) in [6.45, 7) is 0.530. The minimum Gasteiger partial charge on any atom is -0.490 e. The molecule has 0 heterocycles. The molecule has 2 N–H and O–H groups in total. The summed E-state index contributed by atoms with van der Waals surface area (Å²) in [6, 6.07) is 4.93. The second kappa shape index (κ2) is 7.16. The Hall–Kier alpha value is -1.23. The summed E-state index contributed by atoms with van der Waals surface area (Å²) < 4.78 is 43.5. The largest absolute Gasteiger partial charge is 0.490 e. The van der Waals surface area contributed by atoms with E-state index in [1.165, 1.54) is 31.4 Å². The van der Waals surface area contributed by atoms with Crippen LogP contribution >= 0.6 is 0 Å². The predicted octanol–water partition coefficient (Wildman–Crippen LogP) is 4.38. The van der Waals surface area contributed by atoms with Crippen LogP contribution in [0, 0.1) is 5.92 Å². The van der Waals surface area contributed by atoms with Crippen LogP contribution in [0.3, 0.4) is 0 Å². The third-order valence-electron chi connectivity index (χ3n) is 4.10. The van der Waals surface area contributed by atoms with E-state index in [4.69, 9.17) is 10.5 Å². The summed E-state index contributed by atoms with van der Waals surface area (Å²) in [7, 11) is 0. The van der Waals surface area contributed by atoms with Crippen molar-refractivity contribution in [2.24, 2.45) is 11.7 Å². The van der Waals surface area contributed by atoms with E-state index in [1.807, 2.05) is 0 Å². The Morgan fingerprint density at radius 3 is 2.24 bits per heavy atom.